The summed E-state index contributed by atoms with van der Waals surface area (Å²) in [4.78, 5) is 11.1. The molecule has 1 fully saturated rings. The van der Waals surface area contributed by atoms with Crippen LogP contribution >= 0.6 is 0 Å². The molecule has 0 amide bonds. The van der Waals surface area contributed by atoms with Crippen LogP contribution in [0.4, 0.5) is 11.6 Å². The van der Waals surface area contributed by atoms with E-state index in [1.165, 1.54) is 0 Å². The van der Waals surface area contributed by atoms with E-state index in [2.05, 4.69) is 26.3 Å². The van der Waals surface area contributed by atoms with Crippen molar-refractivity contribution in [3.05, 3.63) is 42.7 Å². The zero-order chi connectivity index (χ0) is 14.5. The lowest BCUT2D eigenvalue weighted by atomic mass is 10.1. The predicted octanol–water partition coefficient (Wildman–Crippen LogP) is 2.57. The number of nitrogens with zero attached hydrogens (tertiary/aromatic N) is 3. The van der Waals surface area contributed by atoms with Crippen molar-refractivity contribution in [2.45, 2.75) is 18.9 Å². The highest BCUT2D eigenvalue weighted by Crippen LogP contribution is 2.21. The molecule has 0 atom stereocenters. The first-order valence-corrected chi connectivity index (χ1v) is 7.28. The minimum atomic E-state index is 0.449. The number of rotatable bonds is 4. The lowest BCUT2D eigenvalue weighted by Gasteiger charge is -2.33. The maximum absolute atomic E-state index is 5.22. The van der Waals surface area contributed by atoms with E-state index in [0.717, 1.165) is 43.3 Å². The molecule has 3 rings (SSSR count). The van der Waals surface area contributed by atoms with E-state index in [4.69, 9.17) is 4.74 Å². The molecule has 1 N–H and O–H groups in total. The Balaban J connectivity index is 1.56. The third-order valence-electron chi connectivity index (χ3n) is 3.79. The zero-order valence-corrected chi connectivity index (χ0v) is 12.2. The topological polar surface area (TPSA) is 50.3 Å². The van der Waals surface area contributed by atoms with Gasteiger partial charge in [0, 0.05) is 37.6 Å². The van der Waals surface area contributed by atoms with Crippen molar-refractivity contribution in [2.24, 2.45) is 0 Å². The minimum Gasteiger partial charge on any atom is -0.497 e. The highest BCUT2D eigenvalue weighted by Gasteiger charge is 2.20. The molecular formula is C16H20N4O. The van der Waals surface area contributed by atoms with Crippen LogP contribution < -0.4 is 15.0 Å². The molecule has 1 aliphatic heterocycles. The quantitative estimate of drug-likeness (QED) is 0.935. The Morgan fingerprint density at radius 3 is 2.71 bits per heavy atom. The third kappa shape index (κ3) is 3.42. The molecule has 110 valence electrons. The van der Waals surface area contributed by atoms with Gasteiger partial charge in [-0.25, -0.2) is 9.97 Å². The van der Waals surface area contributed by atoms with Crippen LogP contribution in [0.2, 0.25) is 0 Å². The van der Waals surface area contributed by atoms with Gasteiger partial charge in [0.15, 0.2) is 0 Å². The van der Waals surface area contributed by atoms with Crippen LogP contribution in [0, 0.1) is 0 Å². The van der Waals surface area contributed by atoms with Gasteiger partial charge >= 0.3 is 0 Å². The van der Waals surface area contributed by atoms with E-state index >= 15 is 0 Å². The van der Waals surface area contributed by atoms with Crippen LogP contribution in [0.5, 0.6) is 5.75 Å². The van der Waals surface area contributed by atoms with Crippen molar-refractivity contribution in [1.29, 1.82) is 0 Å². The van der Waals surface area contributed by atoms with E-state index in [1.807, 2.05) is 30.5 Å². The summed E-state index contributed by atoms with van der Waals surface area (Å²) < 4.78 is 5.22. The third-order valence-corrected chi connectivity index (χ3v) is 3.79. The number of anilines is 2. The van der Waals surface area contributed by atoms with Crippen LogP contribution in [0.1, 0.15) is 12.8 Å². The van der Waals surface area contributed by atoms with Crippen LogP contribution in [-0.4, -0.2) is 36.2 Å². The van der Waals surface area contributed by atoms with Gasteiger partial charge in [-0.15, -0.1) is 0 Å². The van der Waals surface area contributed by atoms with E-state index in [9.17, 15) is 0 Å². The Labute approximate surface area is 125 Å². The van der Waals surface area contributed by atoms with Gasteiger partial charge in [0.25, 0.3) is 0 Å². The fourth-order valence-corrected chi connectivity index (χ4v) is 2.62. The SMILES string of the molecule is COc1ccnc(NC2CCN(c3ccccn3)CC2)c1. The van der Waals surface area contributed by atoms with Crippen molar-refractivity contribution < 1.29 is 4.74 Å². The number of hydrogen-bond acceptors (Lipinski definition) is 5. The van der Waals surface area contributed by atoms with Crippen molar-refractivity contribution >= 4 is 11.6 Å². The minimum absolute atomic E-state index is 0.449. The molecule has 1 aliphatic rings. The molecule has 2 aromatic heterocycles. The van der Waals surface area contributed by atoms with Crippen molar-refractivity contribution in [3.8, 4) is 5.75 Å². The first-order chi connectivity index (χ1) is 10.3. The van der Waals surface area contributed by atoms with Gasteiger partial charge in [0.05, 0.1) is 7.11 Å². The molecular weight excluding hydrogens is 264 g/mol. The molecule has 0 spiro atoms. The second-order valence-corrected chi connectivity index (χ2v) is 5.17. The summed E-state index contributed by atoms with van der Waals surface area (Å²) in [6, 6.07) is 10.3. The van der Waals surface area contributed by atoms with E-state index < -0.39 is 0 Å². The van der Waals surface area contributed by atoms with Crippen LogP contribution in [0.25, 0.3) is 0 Å². The number of aromatic nitrogens is 2. The summed E-state index contributed by atoms with van der Waals surface area (Å²) in [6.45, 7) is 2.03. The Morgan fingerprint density at radius 2 is 2.00 bits per heavy atom. The molecule has 1 saturated heterocycles. The van der Waals surface area contributed by atoms with Gasteiger partial charge in [0.2, 0.25) is 0 Å². The zero-order valence-electron chi connectivity index (χ0n) is 12.2. The van der Waals surface area contributed by atoms with Crippen LogP contribution in [-0.2, 0) is 0 Å². The highest BCUT2D eigenvalue weighted by molar-refractivity contribution is 5.43. The number of nitrogens with one attached hydrogen (secondary N) is 1. The van der Waals surface area contributed by atoms with Crippen LogP contribution in [0.15, 0.2) is 42.7 Å². The number of ether oxygens (including phenoxy) is 1. The molecule has 0 bridgehead atoms. The lowest BCUT2D eigenvalue weighted by molar-refractivity contribution is 0.414. The fraction of sp³-hybridized carbons (Fsp3) is 0.375. The first kappa shape index (κ1) is 13.7. The van der Waals surface area contributed by atoms with Gasteiger partial charge in [-0.05, 0) is 31.0 Å². The molecule has 21 heavy (non-hydrogen) atoms. The second kappa shape index (κ2) is 6.43. The Kier molecular flexibility index (Phi) is 4.19. The van der Waals surface area contributed by atoms with Gasteiger partial charge in [-0.3, -0.25) is 0 Å². The Hall–Kier alpha value is -2.30. The molecule has 0 aliphatic carbocycles. The molecule has 0 radical (unpaired) electrons. The predicted molar refractivity (Wildman–Crippen MR) is 83.9 cm³/mol. The molecule has 5 heteroatoms. The van der Waals surface area contributed by atoms with E-state index in [0.29, 0.717) is 6.04 Å². The van der Waals surface area contributed by atoms with Gasteiger partial charge < -0.3 is 15.0 Å². The van der Waals surface area contributed by atoms with Gasteiger partial charge in [0.1, 0.15) is 17.4 Å². The normalized spacial score (nSPS) is 15.8. The Bertz CT molecular complexity index is 567. The summed E-state index contributed by atoms with van der Waals surface area (Å²) >= 11 is 0. The smallest absolute Gasteiger partial charge is 0.129 e. The van der Waals surface area contributed by atoms with Gasteiger partial charge in [-0.1, -0.05) is 6.07 Å². The van der Waals surface area contributed by atoms with Crippen molar-refractivity contribution in [2.75, 3.05) is 30.4 Å². The molecule has 0 aromatic carbocycles. The number of pyridine rings is 2. The highest BCUT2D eigenvalue weighted by atomic mass is 16.5. The summed E-state index contributed by atoms with van der Waals surface area (Å²) in [6.07, 6.45) is 5.77. The Morgan fingerprint density at radius 1 is 1.14 bits per heavy atom. The summed E-state index contributed by atoms with van der Waals surface area (Å²) in [5.74, 6) is 2.78. The second-order valence-electron chi connectivity index (χ2n) is 5.17. The largest absolute Gasteiger partial charge is 0.497 e. The summed E-state index contributed by atoms with van der Waals surface area (Å²) in [7, 11) is 1.67. The first-order valence-electron chi connectivity index (χ1n) is 7.28. The average Bonchev–Trinajstić information content (AvgIpc) is 2.56. The van der Waals surface area contributed by atoms with E-state index in [1.54, 1.807) is 13.3 Å². The standard InChI is InChI=1S/C16H20N4O/c1-21-14-5-9-17-15(12-14)19-13-6-10-20(11-7-13)16-4-2-3-8-18-16/h2-5,8-9,12-13H,6-7,10-11H2,1H3,(H,17,19). The molecule has 0 saturated carbocycles. The summed E-state index contributed by atoms with van der Waals surface area (Å²) in [5.41, 5.74) is 0. The van der Waals surface area contributed by atoms with E-state index in [-0.39, 0.29) is 0 Å². The molecule has 5 nitrogen and oxygen atoms in total. The molecule has 0 unspecified atom stereocenters. The lowest BCUT2D eigenvalue weighted by Crippen LogP contribution is -2.39. The van der Waals surface area contributed by atoms with Crippen LogP contribution in [0.3, 0.4) is 0 Å². The maximum atomic E-state index is 5.22. The monoisotopic (exact) mass is 284 g/mol. The summed E-state index contributed by atoms with van der Waals surface area (Å²) in [5, 5.41) is 3.49. The fourth-order valence-electron chi connectivity index (χ4n) is 2.62. The van der Waals surface area contributed by atoms with Crippen molar-refractivity contribution in [1.82, 2.24) is 9.97 Å². The molecule has 2 aromatic rings. The number of hydrogen-bond donors (Lipinski definition) is 1. The maximum Gasteiger partial charge on any atom is 0.129 e. The number of piperidine rings is 1. The van der Waals surface area contributed by atoms with Gasteiger partial charge in [-0.2, -0.15) is 0 Å². The number of methoxy groups -OCH3 is 1. The van der Waals surface area contributed by atoms with Crippen molar-refractivity contribution in [3.63, 3.8) is 0 Å². The average molecular weight is 284 g/mol. The molecule has 3 heterocycles.